The normalized spacial score (nSPS) is 12.1. The van der Waals surface area contributed by atoms with Gasteiger partial charge in [-0.05, 0) is 12.1 Å². The monoisotopic (exact) mass is 210 g/mol. The molecule has 0 aliphatic carbocycles. The van der Waals surface area contributed by atoms with Gasteiger partial charge in [-0.1, -0.05) is 6.07 Å². The second-order valence-corrected chi connectivity index (χ2v) is 5.24. The van der Waals surface area contributed by atoms with Gasteiger partial charge in [0.25, 0.3) is 0 Å². The summed E-state index contributed by atoms with van der Waals surface area (Å²) in [4.78, 5) is 4.36. The maximum Gasteiger partial charge on any atom is 0.177 e. The van der Waals surface area contributed by atoms with Crippen LogP contribution < -0.4 is 0 Å². The number of aryl methyl sites for hydroxylation is 1. The molecule has 0 aliphatic rings. The molecular weight excluding hydrogens is 200 g/mol. The molecule has 0 saturated heterocycles. The van der Waals surface area contributed by atoms with Crippen LogP contribution in [0.1, 0.15) is 0 Å². The molecule has 0 saturated carbocycles. The number of hydrogen-bond donors (Lipinski definition) is 0. The molecule has 0 aliphatic heterocycles. The summed E-state index contributed by atoms with van der Waals surface area (Å²) >= 11 is 0. The first kappa shape index (κ1) is 9.21. The number of rotatable bonds is 1. The standard InChI is InChI=1S/C9H10N2O2S/c1-11-6-10-9-7(11)4-3-5-8(9)14(2,12)13/h3-6H,1-2H3. The highest BCUT2D eigenvalue weighted by Crippen LogP contribution is 2.20. The third kappa shape index (κ3) is 1.29. The van der Waals surface area contributed by atoms with Gasteiger partial charge in [-0.3, -0.25) is 0 Å². The van der Waals surface area contributed by atoms with Crippen molar-refractivity contribution < 1.29 is 8.42 Å². The first-order valence-corrected chi connectivity index (χ1v) is 5.99. The second kappa shape index (κ2) is 2.81. The SMILES string of the molecule is Cn1cnc2c(S(C)(=O)=O)cccc21. The van der Waals surface area contributed by atoms with Crippen LogP contribution in [0, 0.1) is 0 Å². The van der Waals surface area contributed by atoms with Crippen LogP contribution in [0.3, 0.4) is 0 Å². The maximum absolute atomic E-state index is 11.4. The average molecular weight is 210 g/mol. The third-order valence-electron chi connectivity index (χ3n) is 2.12. The summed E-state index contributed by atoms with van der Waals surface area (Å²) in [5.41, 5.74) is 1.37. The number of aromatic nitrogens is 2. The summed E-state index contributed by atoms with van der Waals surface area (Å²) in [7, 11) is -1.36. The molecule has 0 fully saturated rings. The molecule has 1 heterocycles. The van der Waals surface area contributed by atoms with Crippen LogP contribution in [0.4, 0.5) is 0 Å². The van der Waals surface area contributed by atoms with Crippen molar-refractivity contribution in [3.8, 4) is 0 Å². The first-order valence-electron chi connectivity index (χ1n) is 4.10. The van der Waals surface area contributed by atoms with Crippen molar-refractivity contribution in [2.24, 2.45) is 7.05 Å². The number of hydrogen-bond acceptors (Lipinski definition) is 3. The molecule has 0 atom stereocenters. The van der Waals surface area contributed by atoms with E-state index in [0.29, 0.717) is 5.52 Å². The lowest BCUT2D eigenvalue weighted by Gasteiger charge is -1.99. The Bertz CT molecular complexity index is 584. The molecule has 4 nitrogen and oxygen atoms in total. The number of imidazole rings is 1. The minimum atomic E-state index is -3.19. The number of nitrogens with zero attached hydrogens (tertiary/aromatic N) is 2. The molecule has 74 valence electrons. The summed E-state index contributed by atoms with van der Waals surface area (Å²) < 4.78 is 24.6. The third-order valence-corrected chi connectivity index (χ3v) is 3.25. The first-order chi connectivity index (χ1) is 6.50. The van der Waals surface area contributed by atoms with Crippen molar-refractivity contribution >= 4 is 20.9 Å². The maximum atomic E-state index is 11.4. The van der Waals surface area contributed by atoms with E-state index < -0.39 is 9.84 Å². The van der Waals surface area contributed by atoms with Gasteiger partial charge in [-0.2, -0.15) is 0 Å². The topological polar surface area (TPSA) is 52.0 Å². The van der Waals surface area contributed by atoms with E-state index in [9.17, 15) is 8.42 Å². The van der Waals surface area contributed by atoms with Gasteiger partial charge < -0.3 is 4.57 Å². The Labute approximate surface area is 82.1 Å². The zero-order valence-corrected chi connectivity index (χ0v) is 8.75. The number of para-hydroxylation sites is 1. The number of benzene rings is 1. The fourth-order valence-corrected chi connectivity index (χ4v) is 2.27. The van der Waals surface area contributed by atoms with Crippen LogP contribution in [0.5, 0.6) is 0 Å². The van der Waals surface area contributed by atoms with Gasteiger partial charge in [0.2, 0.25) is 0 Å². The summed E-state index contributed by atoms with van der Waals surface area (Å²) in [6, 6.07) is 5.14. The van der Waals surface area contributed by atoms with Crippen molar-refractivity contribution in [1.29, 1.82) is 0 Å². The van der Waals surface area contributed by atoms with Gasteiger partial charge in [0.05, 0.1) is 16.7 Å². The van der Waals surface area contributed by atoms with E-state index in [1.54, 1.807) is 23.0 Å². The molecule has 0 amide bonds. The second-order valence-electron chi connectivity index (χ2n) is 3.25. The molecule has 1 aromatic heterocycles. The molecular formula is C9H10N2O2S. The van der Waals surface area contributed by atoms with Crippen LogP contribution >= 0.6 is 0 Å². The minimum absolute atomic E-state index is 0.288. The van der Waals surface area contributed by atoms with Crippen molar-refractivity contribution in [2.75, 3.05) is 6.26 Å². The van der Waals surface area contributed by atoms with Crippen molar-refractivity contribution in [3.05, 3.63) is 24.5 Å². The Balaban J connectivity index is 2.92. The molecule has 1 aromatic carbocycles. The number of fused-ring (bicyclic) bond motifs is 1. The Kier molecular flexibility index (Phi) is 1.85. The quantitative estimate of drug-likeness (QED) is 0.705. The van der Waals surface area contributed by atoms with E-state index in [-0.39, 0.29) is 4.90 Å². The van der Waals surface area contributed by atoms with Crippen LogP contribution in [0.25, 0.3) is 11.0 Å². The van der Waals surface area contributed by atoms with Gasteiger partial charge >= 0.3 is 0 Å². The van der Waals surface area contributed by atoms with Crippen LogP contribution in [0.15, 0.2) is 29.4 Å². The average Bonchev–Trinajstić information content (AvgIpc) is 2.46. The fraction of sp³-hybridized carbons (Fsp3) is 0.222. The van der Waals surface area contributed by atoms with E-state index in [0.717, 1.165) is 5.52 Å². The number of sulfone groups is 1. The molecule has 2 aromatic rings. The zero-order chi connectivity index (χ0) is 10.3. The lowest BCUT2D eigenvalue weighted by atomic mass is 10.3. The molecule has 0 bridgehead atoms. The molecule has 0 radical (unpaired) electrons. The van der Waals surface area contributed by atoms with Crippen LogP contribution in [-0.2, 0) is 16.9 Å². The Morgan fingerprint density at radius 1 is 1.36 bits per heavy atom. The van der Waals surface area contributed by atoms with Gasteiger partial charge in [0.1, 0.15) is 5.52 Å². The van der Waals surface area contributed by atoms with Gasteiger partial charge in [0.15, 0.2) is 9.84 Å². The van der Waals surface area contributed by atoms with Gasteiger partial charge in [-0.25, -0.2) is 13.4 Å². The van der Waals surface area contributed by atoms with Gasteiger partial charge in [0, 0.05) is 13.3 Å². The predicted molar refractivity (Wildman–Crippen MR) is 53.8 cm³/mol. The molecule has 5 heteroatoms. The largest absolute Gasteiger partial charge is 0.334 e. The Morgan fingerprint density at radius 3 is 2.71 bits per heavy atom. The van der Waals surface area contributed by atoms with Crippen molar-refractivity contribution in [3.63, 3.8) is 0 Å². The molecule has 2 rings (SSSR count). The molecule has 0 spiro atoms. The van der Waals surface area contributed by atoms with E-state index in [4.69, 9.17) is 0 Å². The smallest absolute Gasteiger partial charge is 0.177 e. The highest BCUT2D eigenvalue weighted by Gasteiger charge is 2.13. The van der Waals surface area contributed by atoms with Crippen LogP contribution in [-0.4, -0.2) is 24.2 Å². The summed E-state index contributed by atoms with van der Waals surface area (Å²) in [5.74, 6) is 0. The van der Waals surface area contributed by atoms with E-state index in [2.05, 4.69) is 4.98 Å². The Hall–Kier alpha value is -1.36. The summed E-state index contributed by atoms with van der Waals surface area (Å²) in [6.07, 6.45) is 2.80. The van der Waals surface area contributed by atoms with E-state index in [1.165, 1.54) is 6.26 Å². The summed E-state index contributed by atoms with van der Waals surface area (Å²) in [5, 5.41) is 0. The van der Waals surface area contributed by atoms with E-state index in [1.807, 2.05) is 13.1 Å². The molecule has 0 unspecified atom stereocenters. The summed E-state index contributed by atoms with van der Waals surface area (Å²) in [6.45, 7) is 0. The van der Waals surface area contributed by atoms with Crippen molar-refractivity contribution in [1.82, 2.24) is 9.55 Å². The lowest BCUT2D eigenvalue weighted by Crippen LogP contribution is -1.98. The van der Waals surface area contributed by atoms with Crippen molar-refractivity contribution in [2.45, 2.75) is 4.90 Å². The lowest BCUT2D eigenvalue weighted by molar-refractivity contribution is 0.602. The van der Waals surface area contributed by atoms with Gasteiger partial charge in [-0.15, -0.1) is 0 Å². The minimum Gasteiger partial charge on any atom is -0.334 e. The van der Waals surface area contributed by atoms with E-state index >= 15 is 0 Å². The molecule has 14 heavy (non-hydrogen) atoms. The molecule has 0 N–H and O–H groups in total. The Morgan fingerprint density at radius 2 is 2.07 bits per heavy atom. The highest BCUT2D eigenvalue weighted by atomic mass is 32.2. The fourth-order valence-electron chi connectivity index (χ4n) is 1.43. The zero-order valence-electron chi connectivity index (χ0n) is 7.93. The van der Waals surface area contributed by atoms with Crippen LogP contribution in [0.2, 0.25) is 0 Å². The predicted octanol–water partition coefficient (Wildman–Crippen LogP) is 0.977. The highest BCUT2D eigenvalue weighted by molar-refractivity contribution is 7.91.